The van der Waals surface area contributed by atoms with E-state index in [4.69, 9.17) is 5.11 Å². The van der Waals surface area contributed by atoms with Gasteiger partial charge in [0.25, 0.3) is 0 Å². The summed E-state index contributed by atoms with van der Waals surface area (Å²) in [6.07, 6.45) is 4.57. The summed E-state index contributed by atoms with van der Waals surface area (Å²) in [6, 6.07) is 3.94. The second-order valence-electron chi connectivity index (χ2n) is 4.50. The molecule has 1 fully saturated rings. The van der Waals surface area contributed by atoms with E-state index >= 15 is 0 Å². The second kappa shape index (κ2) is 6.31. The number of rotatable bonds is 3. The van der Waals surface area contributed by atoms with Gasteiger partial charge in [0.15, 0.2) is 5.13 Å². The van der Waals surface area contributed by atoms with E-state index in [1.54, 1.807) is 35.5 Å². The summed E-state index contributed by atoms with van der Waals surface area (Å²) in [5.41, 5.74) is 0. The second-order valence-corrected chi connectivity index (χ2v) is 6.89. The Morgan fingerprint density at radius 2 is 1.95 bits per heavy atom. The highest BCUT2D eigenvalue weighted by Crippen LogP contribution is 2.35. The maximum absolute atomic E-state index is 10.9. The van der Waals surface area contributed by atoms with Crippen molar-refractivity contribution in [1.29, 1.82) is 0 Å². The SMILES string of the molecule is O=C(O)N1CCN(c2ncc(Sc3ccncc3)s2)CC1. The molecule has 2 aromatic rings. The summed E-state index contributed by atoms with van der Waals surface area (Å²) >= 11 is 3.30. The largest absolute Gasteiger partial charge is 0.465 e. The summed E-state index contributed by atoms with van der Waals surface area (Å²) in [6.45, 7) is 2.45. The van der Waals surface area contributed by atoms with Gasteiger partial charge >= 0.3 is 6.09 Å². The Morgan fingerprint density at radius 3 is 2.62 bits per heavy atom. The zero-order valence-electron chi connectivity index (χ0n) is 11.2. The first kappa shape index (κ1) is 14.2. The topological polar surface area (TPSA) is 69.6 Å². The van der Waals surface area contributed by atoms with Crippen LogP contribution in [-0.4, -0.2) is 52.2 Å². The number of hydrogen-bond donors (Lipinski definition) is 1. The van der Waals surface area contributed by atoms with Crippen molar-refractivity contribution in [3.05, 3.63) is 30.7 Å². The van der Waals surface area contributed by atoms with Crippen LogP contribution in [0.3, 0.4) is 0 Å². The summed E-state index contributed by atoms with van der Waals surface area (Å²) < 4.78 is 1.12. The first-order valence-corrected chi connectivity index (χ1v) is 8.12. The lowest BCUT2D eigenvalue weighted by Gasteiger charge is -2.32. The van der Waals surface area contributed by atoms with Gasteiger partial charge in [-0.05, 0) is 12.1 Å². The van der Waals surface area contributed by atoms with Crippen molar-refractivity contribution >= 4 is 34.3 Å². The molecule has 1 saturated heterocycles. The molecule has 0 radical (unpaired) electrons. The molecule has 1 N–H and O–H groups in total. The number of carbonyl (C=O) groups is 1. The first-order chi connectivity index (χ1) is 10.2. The lowest BCUT2D eigenvalue weighted by Crippen LogP contribution is -2.48. The highest BCUT2D eigenvalue weighted by Gasteiger charge is 2.22. The van der Waals surface area contributed by atoms with Crippen molar-refractivity contribution in [2.24, 2.45) is 0 Å². The molecule has 0 aliphatic carbocycles. The maximum Gasteiger partial charge on any atom is 0.407 e. The Morgan fingerprint density at radius 1 is 1.24 bits per heavy atom. The van der Waals surface area contributed by atoms with E-state index < -0.39 is 6.09 Å². The molecule has 0 bridgehead atoms. The van der Waals surface area contributed by atoms with Crippen molar-refractivity contribution in [1.82, 2.24) is 14.9 Å². The van der Waals surface area contributed by atoms with Gasteiger partial charge in [-0.1, -0.05) is 23.1 Å². The molecule has 0 atom stereocenters. The van der Waals surface area contributed by atoms with Crippen molar-refractivity contribution < 1.29 is 9.90 Å². The number of anilines is 1. The number of thiazole rings is 1. The Bertz CT molecular complexity index is 612. The van der Waals surface area contributed by atoms with Crippen LogP contribution >= 0.6 is 23.1 Å². The van der Waals surface area contributed by atoms with Crippen molar-refractivity contribution in [2.45, 2.75) is 9.10 Å². The van der Waals surface area contributed by atoms with Crippen LogP contribution in [0, 0.1) is 0 Å². The van der Waals surface area contributed by atoms with Crippen molar-refractivity contribution in [2.75, 3.05) is 31.1 Å². The zero-order chi connectivity index (χ0) is 14.7. The fourth-order valence-corrected chi connectivity index (χ4v) is 4.03. The maximum atomic E-state index is 10.9. The molecule has 1 amide bonds. The smallest absolute Gasteiger partial charge is 0.407 e. The van der Waals surface area contributed by atoms with E-state index in [1.165, 1.54) is 4.90 Å². The van der Waals surface area contributed by atoms with E-state index in [0.717, 1.165) is 14.2 Å². The number of hydrogen-bond acceptors (Lipinski definition) is 6. The van der Waals surface area contributed by atoms with Gasteiger partial charge in [0.1, 0.15) is 0 Å². The highest BCUT2D eigenvalue weighted by molar-refractivity contribution is 8.01. The minimum Gasteiger partial charge on any atom is -0.465 e. The van der Waals surface area contributed by atoms with Crippen LogP contribution in [0.1, 0.15) is 0 Å². The minimum absolute atomic E-state index is 0.530. The standard InChI is InChI=1S/C13H14N4O2S2/c18-13(19)17-7-5-16(6-8-17)12-15-9-11(21-12)20-10-1-3-14-4-2-10/h1-4,9H,5-8H2,(H,18,19). The predicted octanol–water partition coefficient (Wildman–Crippen LogP) is 2.49. The van der Waals surface area contributed by atoms with Crippen molar-refractivity contribution in [3.8, 4) is 0 Å². The fraction of sp³-hybridized carbons (Fsp3) is 0.308. The molecule has 0 unspecified atom stereocenters. The van der Waals surface area contributed by atoms with Gasteiger partial charge in [-0.2, -0.15) is 0 Å². The Labute approximate surface area is 130 Å². The molecule has 110 valence electrons. The van der Waals surface area contributed by atoms with Crippen LogP contribution in [0.25, 0.3) is 0 Å². The van der Waals surface area contributed by atoms with Gasteiger partial charge in [0, 0.05) is 43.5 Å². The normalized spacial score (nSPS) is 15.2. The van der Waals surface area contributed by atoms with Crippen LogP contribution < -0.4 is 4.90 Å². The quantitative estimate of drug-likeness (QED) is 0.936. The molecule has 3 heterocycles. The van der Waals surface area contributed by atoms with Crippen LogP contribution in [0.2, 0.25) is 0 Å². The lowest BCUT2D eigenvalue weighted by molar-refractivity contribution is 0.142. The van der Waals surface area contributed by atoms with Crippen LogP contribution in [0.4, 0.5) is 9.93 Å². The van der Waals surface area contributed by atoms with Gasteiger partial charge in [0.2, 0.25) is 0 Å². The lowest BCUT2D eigenvalue weighted by atomic mass is 10.3. The van der Waals surface area contributed by atoms with Crippen LogP contribution in [0.5, 0.6) is 0 Å². The number of aromatic nitrogens is 2. The number of nitrogens with zero attached hydrogens (tertiary/aromatic N) is 4. The van der Waals surface area contributed by atoms with Crippen LogP contribution in [-0.2, 0) is 0 Å². The van der Waals surface area contributed by atoms with E-state index in [9.17, 15) is 4.79 Å². The van der Waals surface area contributed by atoms with E-state index in [-0.39, 0.29) is 0 Å². The summed E-state index contributed by atoms with van der Waals surface area (Å²) in [7, 11) is 0. The van der Waals surface area contributed by atoms with Gasteiger partial charge < -0.3 is 14.9 Å². The Kier molecular flexibility index (Phi) is 4.26. The van der Waals surface area contributed by atoms with E-state index in [0.29, 0.717) is 26.2 Å². The molecule has 3 rings (SSSR count). The molecule has 8 heteroatoms. The minimum atomic E-state index is -0.845. The molecule has 6 nitrogen and oxygen atoms in total. The first-order valence-electron chi connectivity index (χ1n) is 6.49. The number of carboxylic acid groups (broad SMARTS) is 1. The average Bonchev–Trinajstić information content (AvgIpc) is 2.97. The highest BCUT2D eigenvalue weighted by atomic mass is 32.2. The molecule has 0 saturated carbocycles. The molecular weight excluding hydrogens is 308 g/mol. The molecule has 1 aliphatic rings. The van der Waals surface area contributed by atoms with Crippen LogP contribution in [0.15, 0.2) is 39.8 Å². The monoisotopic (exact) mass is 322 g/mol. The molecule has 21 heavy (non-hydrogen) atoms. The van der Waals surface area contributed by atoms with Gasteiger partial charge in [0.05, 0.1) is 10.4 Å². The molecular formula is C13H14N4O2S2. The molecule has 1 aliphatic heterocycles. The average molecular weight is 322 g/mol. The molecule has 2 aromatic heterocycles. The number of piperazine rings is 1. The number of pyridine rings is 1. The number of amides is 1. The molecule has 0 spiro atoms. The summed E-state index contributed by atoms with van der Waals surface area (Å²) in [4.78, 5) is 24.1. The zero-order valence-corrected chi connectivity index (χ0v) is 12.8. The van der Waals surface area contributed by atoms with Gasteiger partial charge in [-0.3, -0.25) is 4.98 Å². The Hall–Kier alpha value is -1.80. The fourth-order valence-electron chi connectivity index (χ4n) is 2.06. The summed E-state index contributed by atoms with van der Waals surface area (Å²) in [5, 5.41) is 9.90. The third-order valence-electron chi connectivity index (χ3n) is 3.16. The van der Waals surface area contributed by atoms with Crippen molar-refractivity contribution in [3.63, 3.8) is 0 Å². The third kappa shape index (κ3) is 3.45. The summed E-state index contributed by atoms with van der Waals surface area (Å²) in [5.74, 6) is 0. The Balaban J connectivity index is 1.62. The van der Waals surface area contributed by atoms with Gasteiger partial charge in [-0.15, -0.1) is 0 Å². The molecule has 0 aromatic carbocycles. The van der Waals surface area contributed by atoms with E-state index in [2.05, 4.69) is 14.9 Å². The predicted molar refractivity (Wildman–Crippen MR) is 82.3 cm³/mol. The third-order valence-corrected chi connectivity index (χ3v) is 5.33. The van der Waals surface area contributed by atoms with E-state index in [1.807, 2.05) is 18.3 Å². The van der Waals surface area contributed by atoms with Gasteiger partial charge in [-0.25, -0.2) is 9.78 Å².